The molecule has 0 aliphatic carbocycles. The number of rotatable bonds is 7. The van der Waals surface area contributed by atoms with E-state index >= 15 is 0 Å². The Morgan fingerprint density at radius 3 is 0.759 bits per heavy atom. The highest BCUT2D eigenvalue weighted by atomic mass is 32.2. The van der Waals surface area contributed by atoms with Gasteiger partial charge in [0.15, 0.2) is 5.16 Å². The second-order valence-electron chi connectivity index (χ2n) is 22.2. The maximum Gasteiger partial charge on any atom is 0.231 e. The Balaban J connectivity index is 1.74. The predicted molar refractivity (Wildman–Crippen MR) is 211 cm³/mol. The molecule has 4 aliphatic rings. The van der Waals surface area contributed by atoms with Gasteiger partial charge in [0.25, 0.3) is 0 Å². The molecule has 0 saturated carbocycles. The summed E-state index contributed by atoms with van der Waals surface area (Å²) in [5.74, 6) is 1.11. The lowest BCUT2D eigenvalue weighted by Crippen LogP contribution is -2.68. The normalized spacial score (nSPS) is 29.3. The molecule has 4 aliphatic heterocycles. The summed E-state index contributed by atoms with van der Waals surface area (Å²) in [6, 6.07) is -0.346. The lowest BCUT2D eigenvalue weighted by molar-refractivity contribution is -0.294. The first kappa shape index (κ1) is 43.8. The van der Waals surface area contributed by atoms with Gasteiger partial charge in [0.2, 0.25) is 11.9 Å². The zero-order chi connectivity index (χ0) is 41.0. The third-order valence-corrected chi connectivity index (χ3v) is 13.6. The number of hydroxylamine groups is 8. The standard InChI is InChI=1S/C40H71N9O4S/c1-33(2)18-26(19-34(3,4)46(33)50)44(27-20-35(5,6)47(51)36(7,8)21-27)30-41-31(43-32(42-30)54-17)45(28-22-37(9,10)48(52)38(11,12)23-28)29-24-39(13,14)49(53)40(15,16)25-29/h26-29H,18-25H2,1-17H3. The third kappa shape index (κ3) is 8.03. The average molecular weight is 774 g/mol. The summed E-state index contributed by atoms with van der Waals surface area (Å²) in [5, 5.41) is 60.4. The van der Waals surface area contributed by atoms with E-state index in [0.717, 1.165) is 0 Å². The molecule has 0 spiro atoms. The number of hydrogen-bond acceptors (Lipinski definition) is 10. The van der Waals surface area contributed by atoms with E-state index in [4.69, 9.17) is 15.0 Å². The second kappa shape index (κ2) is 13.9. The number of piperidine rings is 4. The second-order valence-corrected chi connectivity index (χ2v) is 22.9. The molecule has 54 heavy (non-hydrogen) atoms. The Kier molecular flexibility index (Phi) is 11.3. The van der Waals surface area contributed by atoms with Crippen molar-refractivity contribution in [1.29, 1.82) is 0 Å². The zero-order valence-electron chi connectivity index (χ0n) is 36.5. The SMILES string of the molecule is CSc1nc(N(C2CC(C)(C)N([O])C(C)(C)C2)C2CC(C)(C)N([O])C(C)(C)C2)nc(N(C2CC(C)(C)N([O])C(C)(C)C2)C2CC(C)(C)N([O])C(C)(C)C2)n1. The van der Waals surface area contributed by atoms with Crippen molar-refractivity contribution in [3.8, 4) is 0 Å². The van der Waals surface area contributed by atoms with Crippen LogP contribution in [0.25, 0.3) is 0 Å². The number of hydrogen-bond donors (Lipinski definition) is 0. The average Bonchev–Trinajstić information content (AvgIpc) is 2.99. The Morgan fingerprint density at radius 2 is 0.593 bits per heavy atom. The van der Waals surface area contributed by atoms with Crippen LogP contribution in [0, 0.1) is 0 Å². The minimum atomic E-state index is -0.647. The van der Waals surface area contributed by atoms with Gasteiger partial charge in [0, 0.05) is 68.5 Å². The largest absolute Gasteiger partial charge is 0.334 e. The summed E-state index contributed by atoms with van der Waals surface area (Å²) in [6.07, 6.45) is 6.81. The first-order valence-electron chi connectivity index (χ1n) is 20.0. The quantitative estimate of drug-likeness (QED) is 0.254. The van der Waals surface area contributed by atoms with Gasteiger partial charge in [-0.05, 0) is 168 Å². The van der Waals surface area contributed by atoms with Crippen molar-refractivity contribution in [3.05, 3.63) is 0 Å². The molecule has 14 heteroatoms. The fourth-order valence-electron chi connectivity index (χ4n) is 11.5. The minimum Gasteiger partial charge on any atom is -0.334 e. The van der Waals surface area contributed by atoms with E-state index in [1.165, 1.54) is 32.0 Å². The van der Waals surface area contributed by atoms with Crippen LogP contribution >= 0.6 is 11.8 Å². The van der Waals surface area contributed by atoms with Crippen LogP contribution in [0.5, 0.6) is 0 Å². The van der Waals surface area contributed by atoms with Crippen molar-refractivity contribution in [2.45, 2.75) is 236 Å². The van der Waals surface area contributed by atoms with E-state index in [0.29, 0.717) is 68.4 Å². The van der Waals surface area contributed by atoms with Crippen molar-refractivity contribution in [1.82, 2.24) is 35.2 Å². The first-order chi connectivity index (χ1) is 24.3. The lowest BCUT2D eigenvalue weighted by Gasteiger charge is -2.57. The number of anilines is 2. The highest BCUT2D eigenvalue weighted by Crippen LogP contribution is 2.48. The molecule has 0 atom stereocenters. The van der Waals surface area contributed by atoms with Crippen LogP contribution in [0.3, 0.4) is 0 Å². The van der Waals surface area contributed by atoms with Gasteiger partial charge in [-0.2, -0.15) is 15.0 Å². The van der Waals surface area contributed by atoms with Crippen LogP contribution in [0.15, 0.2) is 5.16 Å². The maximum atomic E-state index is 13.7. The van der Waals surface area contributed by atoms with Gasteiger partial charge >= 0.3 is 0 Å². The van der Waals surface area contributed by atoms with Crippen molar-refractivity contribution in [3.63, 3.8) is 0 Å². The van der Waals surface area contributed by atoms with Crippen molar-refractivity contribution < 1.29 is 20.8 Å². The fourth-order valence-corrected chi connectivity index (χ4v) is 11.9. The number of nitrogens with zero attached hydrogens (tertiary/aromatic N) is 9. The Hall–Kier alpha value is -1.36. The van der Waals surface area contributed by atoms with E-state index in [2.05, 4.69) is 9.80 Å². The van der Waals surface area contributed by atoms with Gasteiger partial charge in [-0.1, -0.05) is 11.8 Å². The Labute approximate surface area is 330 Å². The predicted octanol–water partition coefficient (Wildman–Crippen LogP) is 7.67. The van der Waals surface area contributed by atoms with Gasteiger partial charge in [-0.15, -0.1) is 41.1 Å². The molecule has 5 heterocycles. The summed E-state index contributed by atoms with van der Waals surface area (Å²) in [5.41, 5.74) is -5.17. The van der Waals surface area contributed by atoms with E-state index in [1.807, 2.05) is 117 Å². The van der Waals surface area contributed by atoms with E-state index in [-0.39, 0.29) is 24.2 Å². The molecule has 4 fully saturated rings. The van der Waals surface area contributed by atoms with Gasteiger partial charge in [0.05, 0.1) is 0 Å². The molecule has 0 aromatic carbocycles. The molecule has 1 aromatic rings. The number of thioether (sulfide) groups is 1. The first-order valence-corrected chi connectivity index (χ1v) is 21.3. The highest BCUT2D eigenvalue weighted by Gasteiger charge is 2.55. The molecular weight excluding hydrogens is 703 g/mol. The summed E-state index contributed by atoms with van der Waals surface area (Å²) >= 11 is 1.47. The maximum absolute atomic E-state index is 13.7. The Bertz CT molecular complexity index is 1270. The molecule has 4 radical (unpaired) electrons. The van der Waals surface area contributed by atoms with E-state index in [1.54, 1.807) is 0 Å². The summed E-state index contributed by atoms with van der Waals surface area (Å²) in [4.78, 5) is 20.6. The molecule has 0 bridgehead atoms. The molecule has 1 aromatic heterocycles. The van der Waals surface area contributed by atoms with Gasteiger partial charge in [-0.25, -0.2) is 0 Å². The minimum absolute atomic E-state index is 0.0865. The number of aromatic nitrogens is 3. The molecule has 0 N–H and O–H groups in total. The van der Waals surface area contributed by atoms with E-state index in [9.17, 15) is 20.8 Å². The topological polar surface area (TPSA) is 138 Å². The van der Waals surface area contributed by atoms with Crippen molar-refractivity contribution in [2.75, 3.05) is 16.1 Å². The highest BCUT2D eigenvalue weighted by molar-refractivity contribution is 7.98. The summed E-state index contributed by atoms with van der Waals surface area (Å²) in [6.45, 7) is 32.3. The van der Waals surface area contributed by atoms with Crippen molar-refractivity contribution in [2.24, 2.45) is 0 Å². The van der Waals surface area contributed by atoms with Crippen LogP contribution < -0.4 is 9.80 Å². The zero-order valence-corrected chi connectivity index (χ0v) is 37.3. The lowest BCUT2D eigenvalue weighted by atomic mass is 9.74. The molecule has 5 rings (SSSR count). The smallest absolute Gasteiger partial charge is 0.231 e. The van der Waals surface area contributed by atoms with Gasteiger partial charge in [0.1, 0.15) is 0 Å². The monoisotopic (exact) mass is 774 g/mol. The van der Waals surface area contributed by atoms with Crippen LogP contribution in [0.2, 0.25) is 0 Å². The Morgan fingerprint density at radius 1 is 0.407 bits per heavy atom. The van der Waals surface area contributed by atoms with Crippen molar-refractivity contribution >= 4 is 23.7 Å². The summed E-state index contributed by atoms with van der Waals surface area (Å²) < 4.78 is 0. The molecule has 0 unspecified atom stereocenters. The fraction of sp³-hybridized carbons (Fsp3) is 0.925. The molecule has 4 saturated heterocycles. The molecular formula is C40H71N9O4S. The third-order valence-electron chi connectivity index (χ3n) is 13.1. The van der Waals surface area contributed by atoms with Crippen LogP contribution in [-0.2, 0) is 20.8 Å². The van der Waals surface area contributed by atoms with Gasteiger partial charge in [-0.3, -0.25) is 0 Å². The molecule has 306 valence electrons. The van der Waals surface area contributed by atoms with Crippen LogP contribution in [0.1, 0.15) is 162 Å². The van der Waals surface area contributed by atoms with E-state index < -0.39 is 44.3 Å². The van der Waals surface area contributed by atoms with Crippen LogP contribution in [0.4, 0.5) is 11.9 Å². The van der Waals surface area contributed by atoms with Gasteiger partial charge < -0.3 is 9.80 Å². The molecule has 0 amide bonds. The summed E-state index contributed by atoms with van der Waals surface area (Å²) in [7, 11) is 0. The molecule has 13 nitrogen and oxygen atoms in total. The van der Waals surface area contributed by atoms with Crippen LogP contribution in [-0.4, -0.2) is 110 Å².